The molecule has 0 aliphatic carbocycles. The van der Waals surface area contributed by atoms with Crippen molar-refractivity contribution in [2.45, 2.75) is 26.3 Å². The number of nitrogens with one attached hydrogen (secondary N) is 1. The van der Waals surface area contributed by atoms with Crippen LogP contribution in [0.2, 0.25) is 0 Å². The molecule has 2 nitrogen and oxygen atoms in total. The second-order valence-electron chi connectivity index (χ2n) is 4.74. The van der Waals surface area contributed by atoms with Crippen LogP contribution in [-0.4, -0.2) is 6.54 Å². The van der Waals surface area contributed by atoms with Crippen molar-refractivity contribution in [3.63, 3.8) is 0 Å². The van der Waals surface area contributed by atoms with Crippen LogP contribution in [-0.2, 0) is 0 Å². The molecule has 0 bridgehead atoms. The van der Waals surface area contributed by atoms with Gasteiger partial charge in [-0.05, 0) is 44.2 Å². The molecule has 0 spiro atoms. The lowest BCUT2D eigenvalue weighted by Crippen LogP contribution is -2.20. The van der Waals surface area contributed by atoms with Gasteiger partial charge in [-0.1, -0.05) is 31.2 Å². The van der Waals surface area contributed by atoms with Gasteiger partial charge in [0.1, 0.15) is 17.3 Å². The number of para-hydroxylation sites is 1. The van der Waals surface area contributed by atoms with Crippen LogP contribution >= 0.6 is 0 Å². The van der Waals surface area contributed by atoms with Crippen LogP contribution in [0.25, 0.3) is 0 Å². The van der Waals surface area contributed by atoms with Crippen LogP contribution in [0.1, 0.15) is 31.9 Å². The van der Waals surface area contributed by atoms with Gasteiger partial charge in [0, 0.05) is 11.6 Å². The zero-order valence-corrected chi connectivity index (χ0v) is 11.9. The molecule has 0 fully saturated rings. The molecule has 106 valence electrons. The maximum atomic E-state index is 14.1. The minimum Gasteiger partial charge on any atom is -0.457 e. The fourth-order valence-corrected chi connectivity index (χ4v) is 2.10. The van der Waals surface area contributed by atoms with E-state index in [1.54, 1.807) is 12.1 Å². The average molecular weight is 273 g/mol. The Morgan fingerprint density at radius 1 is 1.10 bits per heavy atom. The van der Waals surface area contributed by atoms with Crippen LogP contribution in [0.5, 0.6) is 11.5 Å². The van der Waals surface area contributed by atoms with Gasteiger partial charge in [0.2, 0.25) is 0 Å². The third kappa shape index (κ3) is 3.58. The average Bonchev–Trinajstić information content (AvgIpc) is 2.46. The lowest BCUT2D eigenvalue weighted by atomic mass is 10.1. The van der Waals surface area contributed by atoms with Gasteiger partial charge in [-0.25, -0.2) is 4.39 Å². The molecule has 2 rings (SSSR count). The normalized spacial score (nSPS) is 12.2. The molecule has 0 aliphatic heterocycles. The van der Waals surface area contributed by atoms with E-state index in [1.165, 1.54) is 6.07 Å². The number of rotatable bonds is 6. The van der Waals surface area contributed by atoms with Crippen molar-refractivity contribution in [1.82, 2.24) is 5.32 Å². The molecular formula is C17H20FNO. The van der Waals surface area contributed by atoms with E-state index in [4.69, 9.17) is 4.74 Å². The summed E-state index contributed by atoms with van der Waals surface area (Å²) < 4.78 is 19.9. The van der Waals surface area contributed by atoms with Crippen molar-refractivity contribution in [3.8, 4) is 11.5 Å². The molecule has 0 saturated heterocycles. The molecule has 20 heavy (non-hydrogen) atoms. The van der Waals surface area contributed by atoms with Gasteiger partial charge in [0.05, 0.1) is 0 Å². The highest BCUT2D eigenvalue weighted by atomic mass is 19.1. The van der Waals surface area contributed by atoms with E-state index >= 15 is 0 Å². The summed E-state index contributed by atoms with van der Waals surface area (Å²) in [6.45, 7) is 4.88. The van der Waals surface area contributed by atoms with Gasteiger partial charge in [-0.15, -0.1) is 0 Å². The monoisotopic (exact) mass is 273 g/mol. The third-order valence-electron chi connectivity index (χ3n) is 3.12. The molecule has 1 N–H and O–H groups in total. The first-order chi connectivity index (χ1) is 9.72. The summed E-state index contributed by atoms with van der Waals surface area (Å²) in [4.78, 5) is 0. The Balaban J connectivity index is 2.26. The fourth-order valence-electron chi connectivity index (χ4n) is 2.10. The maximum Gasteiger partial charge on any atom is 0.135 e. The molecule has 0 aliphatic rings. The fraction of sp³-hybridized carbons (Fsp3) is 0.294. The third-order valence-corrected chi connectivity index (χ3v) is 3.12. The summed E-state index contributed by atoms with van der Waals surface area (Å²) in [7, 11) is 0. The Morgan fingerprint density at radius 3 is 2.55 bits per heavy atom. The predicted octanol–water partition coefficient (Wildman–Crippen LogP) is 4.68. The largest absolute Gasteiger partial charge is 0.457 e. The summed E-state index contributed by atoms with van der Waals surface area (Å²) in [5.41, 5.74) is 0.574. The molecular weight excluding hydrogens is 253 g/mol. The van der Waals surface area contributed by atoms with Crippen molar-refractivity contribution in [2.24, 2.45) is 0 Å². The summed E-state index contributed by atoms with van der Waals surface area (Å²) in [6, 6.07) is 14.3. The van der Waals surface area contributed by atoms with E-state index in [0.29, 0.717) is 17.1 Å². The van der Waals surface area contributed by atoms with Crippen molar-refractivity contribution < 1.29 is 9.13 Å². The van der Waals surface area contributed by atoms with Crippen molar-refractivity contribution in [2.75, 3.05) is 6.54 Å². The van der Waals surface area contributed by atoms with Gasteiger partial charge in [0.15, 0.2) is 0 Å². The van der Waals surface area contributed by atoms with Gasteiger partial charge in [-0.3, -0.25) is 0 Å². The van der Waals surface area contributed by atoms with Crippen LogP contribution in [0.15, 0.2) is 48.5 Å². The topological polar surface area (TPSA) is 21.3 Å². The van der Waals surface area contributed by atoms with E-state index in [-0.39, 0.29) is 11.9 Å². The van der Waals surface area contributed by atoms with Crippen LogP contribution in [0.3, 0.4) is 0 Å². The Morgan fingerprint density at radius 2 is 1.85 bits per heavy atom. The lowest BCUT2D eigenvalue weighted by Gasteiger charge is -2.18. The van der Waals surface area contributed by atoms with E-state index in [0.717, 1.165) is 13.0 Å². The highest BCUT2D eigenvalue weighted by molar-refractivity contribution is 5.40. The van der Waals surface area contributed by atoms with Crippen LogP contribution in [0.4, 0.5) is 4.39 Å². The summed E-state index contributed by atoms with van der Waals surface area (Å²) in [6.07, 6.45) is 1.01. The van der Waals surface area contributed by atoms with E-state index in [1.807, 2.05) is 37.3 Å². The number of ether oxygens (including phenoxy) is 1. The zero-order chi connectivity index (χ0) is 14.4. The molecule has 0 amide bonds. The van der Waals surface area contributed by atoms with Crippen LogP contribution in [0, 0.1) is 5.82 Å². The van der Waals surface area contributed by atoms with E-state index < -0.39 is 0 Å². The Kier molecular flexibility index (Phi) is 5.13. The molecule has 2 aromatic rings. The van der Waals surface area contributed by atoms with E-state index in [9.17, 15) is 4.39 Å². The second-order valence-corrected chi connectivity index (χ2v) is 4.74. The lowest BCUT2D eigenvalue weighted by molar-refractivity contribution is 0.445. The molecule has 0 saturated carbocycles. The van der Waals surface area contributed by atoms with Gasteiger partial charge in [0.25, 0.3) is 0 Å². The molecule has 0 heterocycles. The van der Waals surface area contributed by atoms with Crippen molar-refractivity contribution >= 4 is 0 Å². The van der Waals surface area contributed by atoms with Crippen LogP contribution < -0.4 is 10.1 Å². The standard InChI is InChI=1S/C17H20FNO/c1-3-12-19-13(2)17-15(18)10-7-11-16(17)20-14-8-5-4-6-9-14/h4-11,13,19H,3,12H2,1-2H3. The smallest absolute Gasteiger partial charge is 0.135 e. The second kappa shape index (κ2) is 7.06. The first-order valence-corrected chi connectivity index (χ1v) is 6.97. The first kappa shape index (κ1) is 14.5. The molecule has 3 heteroatoms. The van der Waals surface area contributed by atoms with Gasteiger partial charge >= 0.3 is 0 Å². The SMILES string of the molecule is CCCNC(C)c1c(F)cccc1Oc1ccccc1. The van der Waals surface area contributed by atoms with Crippen molar-refractivity contribution in [1.29, 1.82) is 0 Å². The predicted molar refractivity (Wildman–Crippen MR) is 79.6 cm³/mol. The minimum absolute atomic E-state index is 0.0881. The number of hydrogen-bond donors (Lipinski definition) is 1. The number of halogens is 1. The molecule has 1 unspecified atom stereocenters. The van der Waals surface area contributed by atoms with Gasteiger partial charge in [-0.2, -0.15) is 0 Å². The van der Waals surface area contributed by atoms with E-state index in [2.05, 4.69) is 12.2 Å². The zero-order valence-electron chi connectivity index (χ0n) is 11.9. The van der Waals surface area contributed by atoms with Gasteiger partial charge < -0.3 is 10.1 Å². The quantitative estimate of drug-likeness (QED) is 0.825. The number of hydrogen-bond acceptors (Lipinski definition) is 2. The Bertz CT molecular complexity index is 542. The molecule has 1 atom stereocenters. The summed E-state index contributed by atoms with van der Waals surface area (Å²) >= 11 is 0. The Labute approximate surface area is 119 Å². The first-order valence-electron chi connectivity index (χ1n) is 6.97. The minimum atomic E-state index is -0.241. The highest BCUT2D eigenvalue weighted by Gasteiger charge is 2.16. The molecule has 0 radical (unpaired) electrons. The Hall–Kier alpha value is -1.87. The summed E-state index contributed by atoms with van der Waals surface area (Å²) in [5, 5.41) is 3.30. The molecule has 0 aromatic heterocycles. The molecule has 2 aromatic carbocycles. The highest BCUT2D eigenvalue weighted by Crippen LogP contribution is 2.31. The summed E-state index contributed by atoms with van der Waals surface area (Å²) in [5.74, 6) is 1.03. The maximum absolute atomic E-state index is 14.1. The van der Waals surface area contributed by atoms with Crippen molar-refractivity contribution in [3.05, 3.63) is 59.9 Å². The number of benzene rings is 2.